The molecule has 2 aliphatic rings. The minimum atomic E-state index is -0.206. The molecule has 1 aromatic heterocycles. The van der Waals surface area contributed by atoms with Gasteiger partial charge in [0.1, 0.15) is 5.00 Å². The van der Waals surface area contributed by atoms with Crippen molar-refractivity contribution in [2.24, 2.45) is 5.92 Å². The maximum atomic E-state index is 12.7. The van der Waals surface area contributed by atoms with Crippen molar-refractivity contribution in [2.75, 3.05) is 25.0 Å². The van der Waals surface area contributed by atoms with Crippen molar-refractivity contribution in [3.05, 3.63) is 16.0 Å². The number of thiophene rings is 1. The highest BCUT2D eigenvalue weighted by Crippen LogP contribution is 2.38. The molecule has 1 aliphatic carbocycles. The van der Waals surface area contributed by atoms with Gasteiger partial charge in [-0.05, 0) is 69.1 Å². The number of nitrogens with zero attached hydrogens (tertiary/aromatic N) is 1. The van der Waals surface area contributed by atoms with E-state index in [-0.39, 0.29) is 5.97 Å². The predicted octanol–water partition coefficient (Wildman–Crippen LogP) is 5.01. The second-order valence-corrected chi connectivity index (χ2v) is 8.96. The molecule has 1 atom stereocenters. The summed E-state index contributed by atoms with van der Waals surface area (Å²) in [5.41, 5.74) is 1.94. The fourth-order valence-corrected chi connectivity index (χ4v) is 5.59. The Bertz CT molecular complexity index is 656. The van der Waals surface area contributed by atoms with Gasteiger partial charge in [0.25, 0.3) is 0 Å². The first-order valence-electron chi connectivity index (χ1n) is 9.97. The van der Waals surface area contributed by atoms with E-state index < -0.39 is 0 Å². The highest BCUT2D eigenvalue weighted by Gasteiger charge is 2.27. The number of piperidine rings is 1. The van der Waals surface area contributed by atoms with E-state index >= 15 is 0 Å². The second kappa shape index (κ2) is 9.18. The number of nitrogens with one attached hydrogen (secondary N) is 1. The lowest BCUT2D eigenvalue weighted by molar-refractivity contribution is 0.0526. The Morgan fingerprint density at radius 1 is 1.27 bits per heavy atom. The first kappa shape index (κ1) is 19.6. The Morgan fingerprint density at radius 3 is 2.77 bits per heavy atom. The minimum absolute atomic E-state index is 0.206. The van der Waals surface area contributed by atoms with Gasteiger partial charge in [-0.3, -0.25) is 0 Å². The van der Waals surface area contributed by atoms with Crippen LogP contribution in [0.2, 0.25) is 0 Å². The van der Waals surface area contributed by atoms with Crippen LogP contribution in [-0.4, -0.2) is 35.7 Å². The number of likely N-dealkylation sites (tertiary alicyclic amines) is 1. The number of anilines is 1. The van der Waals surface area contributed by atoms with Crippen LogP contribution < -0.4 is 5.32 Å². The fraction of sp³-hybridized carbons (Fsp3) is 0.700. The van der Waals surface area contributed by atoms with Gasteiger partial charge in [0.05, 0.1) is 12.2 Å². The molecule has 144 valence electrons. The Morgan fingerprint density at radius 2 is 2.04 bits per heavy atom. The van der Waals surface area contributed by atoms with Crippen LogP contribution in [0.5, 0.6) is 0 Å². The van der Waals surface area contributed by atoms with E-state index in [9.17, 15) is 4.79 Å². The molecular formula is C20H30N2O2S2. The molecule has 0 saturated carbocycles. The number of hydrogen-bond acceptors (Lipinski definition) is 4. The lowest BCUT2D eigenvalue weighted by Gasteiger charge is -2.33. The number of esters is 1. The number of carbonyl (C=O) groups is 1. The van der Waals surface area contributed by atoms with Gasteiger partial charge in [0, 0.05) is 18.0 Å². The topological polar surface area (TPSA) is 41.6 Å². The second-order valence-electron chi connectivity index (χ2n) is 7.47. The summed E-state index contributed by atoms with van der Waals surface area (Å²) >= 11 is 7.39. The number of thiocarbonyl (C=S) groups is 1. The lowest BCUT2D eigenvalue weighted by atomic mass is 9.96. The van der Waals surface area contributed by atoms with Crippen molar-refractivity contribution in [2.45, 2.75) is 65.2 Å². The molecule has 0 unspecified atom stereocenters. The standard InChI is InChI=1S/C20H30N2O2S2/c1-3-24-19(23)17-15-10-6-4-5-7-11-16(15)26-18(17)21-20(25)22-12-8-9-14(2)13-22/h14H,3-13H2,1-2H3,(H,21,25)/t14-/m0/s1. The molecular weight excluding hydrogens is 364 g/mol. The van der Waals surface area contributed by atoms with E-state index in [1.54, 1.807) is 11.3 Å². The van der Waals surface area contributed by atoms with Crippen LogP contribution in [0.15, 0.2) is 0 Å². The third-order valence-corrected chi connectivity index (χ3v) is 6.88. The van der Waals surface area contributed by atoms with Crippen molar-refractivity contribution < 1.29 is 9.53 Å². The average molecular weight is 395 g/mol. The van der Waals surface area contributed by atoms with E-state index in [0.717, 1.165) is 48.0 Å². The summed E-state index contributed by atoms with van der Waals surface area (Å²) in [6, 6.07) is 0. The van der Waals surface area contributed by atoms with Gasteiger partial charge in [0.2, 0.25) is 0 Å². The van der Waals surface area contributed by atoms with Crippen molar-refractivity contribution in [1.29, 1.82) is 0 Å². The minimum Gasteiger partial charge on any atom is -0.462 e. The van der Waals surface area contributed by atoms with Gasteiger partial charge in [-0.25, -0.2) is 4.79 Å². The first-order chi connectivity index (χ1) is 12.6. The largest absolute Gasteiger partial charge is 0.462 e. The van der Waals surface area contributed by atoms with E-state index in [4.69, 9.17) is 17.0 Å². The van der Waals surface area contributed by atoms with Crippen LogP contribution in [0.4, 0.5) is 5.00 Å². The van der Waals surface area contributed by atoms with Crippen LogP contribution >= 0.6 is 23.6 Å². The summed E-state index contributed by atoms with van der Waals surface area (Å²) < 4.78 is 5.38. The number of aryl methyl sites for hydroxylation is 1. The van der Waals surface area contributed by atoms with E-state index in [1.807, 2.05) is 6.92 Å². The van der Waals surface area contributed by atoms with Crippen LogP contribution in [-0.2, 0) is 17.6 Å². The van der Waals surface area contributed by atoms with Gasteiger partial charge >= 0.3 is 5.97 Å². The number of hydrogen-bond donors (Lipinski definition) is 1. The highest BCUT2D eigenvalue weighted by molar-refractivity contribution is 7.80. The zero-order valence-electron chi connectivity index (χ0n) is 15.9. The summed E-state index contributed by atoms with van der Waals surface area (Å²) in [4.78, 5) is 16.3. The van der Waals surface area contributed by atoms with Gasteiger partial charge in [0.15, 0.2) is 5.11 Å². The number of rotatable bonds is 3. The Kier molecular flexibility index (Phi) is 6.92. The summed E-state index contributed by atoms with van der Waals surface area (Å²) in [6.07, 6.45) is 9.32. The Balaban J connectivity index is 1.85. The van der Waals surface area contributed by atoms with Crippen LogP contribution in [0.3, 0.4) is 0 Å². The molecule has 4 nitrogen and oxygen atoms in total. The summed E-state index contributed by atoms with van der Waals surface area (Å²) in [6.45, 7) is 6.52. The molecule has 6 heteroatoms. The van der Waals surface area contributed by atoms with E-state index in [1.165, 1.54) is 42.5 Å². The molecule has 0 aromatic carbocycles. The van der Waals surface area contributed by atoms with Gasteiger partial charge in [-0.2, -0.15) is 0 Å². The zero-order valence-corrected chi connectivity index (χ0v) is 17.6. The highest BCUT2D eigenvalue weighted by atomic mass is 32.1. The molecule has 1 N–H and O–H groups in total. The molecule has 26 heavy (non-hydrogen) atoms. The molecule has 3 rings (SSSR count). The smallest absolute Gasteiger partial charge is 0.341 e. The first-order valence-corrected chi connectivity index (χ1v) is 11.2. The summed E-state index contributed by atoms with van der Waals surface area (Å²) in [5.74, 6) is 0.458. The van der Waals surface area contributed by atoms with Crippen LogP contribution in [0, 0.1) is 5.92 Å². The average Bonchev–Trinajstić information content (AvgIpc) is 2.91. The molecule has 1 saturated heterocycles. The van der Waals surface area contributed by atoms with E-state index in [0.29, 0.717) is 12.5 Å². The van der Waals surface area contributed by atoms with Gasteiger partial charge < -0.3 is 15.0 Å². The quantitative estimate of drug-likeness (QED) is 0.576. The molecule has 0 bridgehead atoms. The third-order valence-electron chi connectivity index (χ3n) is 5.32. The Labute approximate surface area is 166 Å². The van der Waals surface area contributed by atoms with Crippen LogP contribution in [0.25, 0.3) is 0 Å². The van der Waals surface area contributed by atoms with Crippen molar-refractivity contribution in [1.82, 2.24) is 4.90 Å². The van der Waals surface area contributed by atoms with Crippen molar-refractivity contribution in [3.8, 4) is 0 Å². The zero-order chi connectivity index (χ0) is 18.5. The fourth-order valence-electron chi connectivity index (χ4n) is 3.98. The molecule has 1 fully saturated rings. The molecule has 1 aromatic rings. The third kappa shape index (κ3) is 4.58. The molecule has 0 spiro atoms. The van der Waals surface area contributed by atoms with Crippen LogP contribution in [0.1, 0.15) is 73.2 Å². The number of carbonyl (C=O) groups excluding carboxylic acids is 1. The predicted molar refractivity (Wildman–Crippen MR) is 112 cm³/mol. The summed E-state index contributed by atoms with van der Waals surface area (Å²) in [5, 5.41) is 5.05. The van der Waals surface area contributed by atoms with Gasteiger partial charge in [-0.15, -0.1) is 11.3 Å². The summed E-state index contributed by atoms with van der Waals surface area (Å²) in [7, 11) is 0. The monoisotopic (exact) mass is 394 g/mol. The molecule has 0 amide bonds. The number of fused-ring (bicyclic) bond motifs is 1. The van der Waals surface area contributed by atoms with Crippen molar-refractivity contribution >= 4 is 39.6 Å². The van der Waals surface area contributed by atoms with E-state index in [2.05, 4.69) is 17.1 Å². The SMILES string of the molecule is CCOC(=O)c1c(NC(=S)N2CCC[C@H](C)C2)sc2c1CCCCCC2. The molecule has 0 radical (unpaired) electrons. The molecule has 1 aliphatic heterocycles. The van der Waals surface area contributed by atoms with Gasteiger partial charge in [-0.1, -0.05) is 19.8 Å². The van der Waals surface area contributed by atoms with Crippen molar-refractivity contribution in [3.63, 3.8) is 0 Å². The molecule has 2 heterocycles. The number of ether oxygens (including phenoxy) is 1. The maximum absolute atomic E-state index is 12.7. The Hall–Kier alpha value is -1.14. The maximum Gasteiger partial charge on any atom is 0.341 e. The normalized spacial score (nSPS) is 20.7. The lowest BCUT2D eigenvalue weighted by Crippen LogP contribution is -2.41.